The van der Waals surface area contributed by atoms with Crippen molar-refractivity contribution in [2.75, 3.05) is 0 Å². The number of aromatic amines is 1. The van der Waals surface area contributed by atoms with E-state index in [1.807, 2.05) is 12.1 Å². The van der Waals surface area contributed by atoms with Crippen LogP contribution >= 0.6 is 0 Å². The SMILES string of the molecule is CC(C)(C)c1ccc(C(=O)NNC(=O)c2n[nH]c(=O)c3ccccc23)cc1. The van der Waals surface area contributed by atoms with E-state index in [9.17, 15) is 14.4 Å². The quantitative estimate of drug-likeness (QED) is 0.607. The van der Waals surface area contributed by atoms with E-state index in [1.54, 1.807) is 36.4 Å². The molecule has 0 aliphatic rings. The number of benzene rings is 2. The molecule has 0 saturated heterocycles. The second-order valence-electron chi connectivity index (χ2n) is 7.18. The number of nitrogens with one attached hydrogen (secondary N) is 3. The molecule has 0 aliphatic heterocycles. The molecule has 3 aromatic rings. The van der Waals surface area contributed by atoms with Crippen molar-refractivity contribution in [3.8, 4) is 0 Å². The second-order valence-corrected chi connectivity index (χ2v) is 7.18. The zero-order valence-corrected chi connectivity index (χ0v) is 15.3. The van der Waals surface area contributed by atoms with E-state index in [-0.39, 0.29) is 16.7 Å². The van der Waals surface area contributed by atoms with E-state index in [1.165, 1.54) is 0 Å². The summed E-state index contributed by atoms with van der Waals surface area (Å²) in [6.07, 6.45) is 0. The van der Waals surface area contributed by atoms with Crippen molar-refractivity contribution < 1.29 is 9.59 Å². The summed E-state index contributed by atoms with van der Waals surface area (Å²) in [5.41, 5.74) is 5.84. The third-order valence-corrected chi connectivity index (χ3v) is 4.21. The fourth-order valence-corrected chi connectivity index (χ4v) is 2.65. The molecule has 0 bridgehead atoms. The number of nitrogens with zero attached hydrogens (tertiary/aromatic N) is 1. The molecule has 3 N–H and O–H groups in total. The third-order valence-electron chi connectivity index (χ3n) is 4.21. The monoisotopic (exact) mass is 364 g/mol. The molecule has 7 nitrogen and oxygen atoms in total. The summed E-state index contributed by atoms with van der Waals surface area (Å²) in [6.45, 7) is 6.26. The number of hydrazine groups is 1. The Morgan fingerprint density at radius 1 is 0.889 bits per heavy atom. The normalized spacial score (nSPS) is 11.2. The minimum atomic E-state index is -0.623. The molecule has 2 aromatic carbocycles. The van der Waals surface area contributed by atoms with Gasteiger partial charge < -0.3 is 0 Å². The fourth-order valence-electron chi connectivity index (χ4n) is 2.65. The molecule has 1 aromatic heterocycles. The van der Waals surface area contributed by atoms with Gasteiger partial charge in [-0.3, -0.25) is 25.2 Å². The zero-order chi connectivity index (χ0) is 19.6. The molecule has 0 aliphatic carbocycles. The van der Waals surface area contributed by atoms with Crippen molar-refractivity contribution in [2.45, 2.75) is 26.2 Å². The van der Waals surface area contributed by atoms with Gasteiger partial charge in [-0.15, -0.1) is 0 Å². The van der Waals surface area contributed by atoms with E-state index in [2.05, 4.69) is 41.8 Å². The van der Waals surface area contributed by atoms with Gasteiger partial charge in [0, 0.05) is 10.9 Å². The molecule has 7 heteroatoms. The predicted octanol–water partition coefficient (Wildman–Crippen LogP) is 2.30. The molecule has 138 valence electrons. The van der Waals surface area contributed by atoms with Crippen LogP contribution in [0.2, 0.25) is 0 Å². The highest BCUT2D eigenvalue weighted by Gasteiger charge is 2.16. The van der Waals surface area contributed by atoms with Crippen molar-refractivity contribution in [1.82, 2.24) is 21.0 Å². The highest BCUT2D eigenvalue weighted by molar-refractivity contribution is 6.05. The van der Waals surface area contributed by atoms with Gasteiger partial charge in [-0.25, -0.2) is 5.10 Å². The molecule has 0 atom stereocenters. The maximum atomic E-state index is 12.4. The summed E-state index contributed by atoms with van der Waals surface area (Å²) in [7, 11) is 0. The van der Waals surface area contributed by atoms with Gasteiger partial charge in [0.05, 0.1) is 5.39 Å². The van der Waals surface area contributed by atoms with E-state index in [0.29, 0.717) is 16.3 Å². The molecule has 0 saturated carbocycles. The first-order chi connectivity index (χ1) is 12.8. The van der Waals surface area contributed by atoms with Crippen LogP contribution in [0.3, 0.4) is 0 Å². The van der Waals surface area contributed by atoms with Gasteiger partial charge in [-0.05, 0) is 29.2 Å². The fraction of sp³-hybridized carbons (Fsp3) is 0.200. The Morgan fingerprint density at radius 2 is 1.48 bits per heavy atom. The molecule has 0 unspecified atom stereocenters. The maximum Gasteiger partial charge on any atom is 0.290 e. The maximum absolute atomic E-state index is 12.4. The lowest BCUT2D eigenvalue weighted by Crippen LogP contribution is -2.42. The van der Waals surface area contributed by atoms with Gasteiger partial charge in [-0.1, -0.05) is 51.1 Å². The van der Waals surface area contributed by atoms with Gasteiger partial charge in [0.1, 0.15) is 0 Å². The lowest BCUT2D eigenvalue weighted by atomic mass is 9.87. The average Bonchev–Trinajstić information content (AvgIpc) is 2.66. The number of carbonyl (C=O) groups excluding carboxylic acids is 2. The van der Waals surface area contributed by atoms with Crippen LogP contribution in [0.5, 0.6) is 0 Å². The Bertz CT molecular complexity index is 1060. The van der Waals surface area contributed by atoms with Gasteiger partial charge >= 0.3 is 0 Å². The number of H-pyrrole nitrogens is 1. The smallest absolute Gasteiger partial charge is 0.267 e. The summed E-state index contributed by atoms with van der Waals surface area (Å²) in [4.78, 5) is 36.4. The molecule has 2 amide bonds. The molecular formula is C20H20N4O3. The minimum Gasteiger partial charge on any atom is -0.267 e. The van der Waals surface area contributed by atoms with Gasteiger partial charge in [-0.2, -0.15) is 5.10 Å². The summed E-state index contributed by atoms with van der Waals surface area (Å²) < 4.78 is 0. The van der Waals surface area contributed by atoms with E-state index >= 15 is 0 Å². The number of carbonyl (C=O) groups is 2. The first-order valence-electron chi connectivity index (χ1n) is 8.46. The number of rotatable bonds is 2. The summed E-state index contributed by atoms with van der Waals surface area (Å²) >= 11 is 0. The van der Waals surface area contributed by atoms with E-state index in [4.69, 9.17) is 0 Å². The predicted molar refractivity (Wildman–Crippen MR) is 102 cm³/mol. The van der Waals surface area contributed by atoms with Crippen LogP contribution in [0, 0.1) is 0 Å². The number of fused-ring (bicyclic) bond motifs is 1. The highest BCUT2D eigenvalue weighted by atomic mass is 16.2. The first kappa shape index (κ1) is 18.3. The number of aromatic nitrogens is 2. The Labute approximate surface area is 155 Å². The van der Waals surface area contributed by atoms with Crippen molar-refractivity contribution in [1.29, 1.82) is 0 Å². The van der Waals surface area contributed by atoms with Crippen LogP contribution < -0.4 is 16.4 Å². The summed E-state index contributed by atoms with van der Waals surface area (Å²) in [5, 5.41) is 6.83. The molecule has 0 radical (unpaired) electrons. The summed E-state index contributed by atoms with van der Waals surface area (Å²) in [5.74, 6) is -1.07. The number of amides is 2. The van der Waals surface area contributed by atoms with E-state index in [0.717, 1.165) is 5.56 Å². The van der Waals surface area contributed by atoms with Crippen molar-refractivity contribution in [3.63, 3.8) is 0 Å². The van der Waals surface area contributed by atoms with Gasteiger partial charge in [0.15, 0.2) is 5.69 Å². The van der Waals surface area contributed by atoms with Gasteiger partial charge in [0.2, 0.25) is 0 Å². The Balaban J connectivity index is 1.74. The van der Waals surface area contributed by atoms with Gasteiger partial charge in [0.25, 0.3) is 17.4 Å². The second kappa shape index (κ2) is 7.03. The van der Waals surface area contributed by atoms with Crippen molar-refractivity contribution in [2.24, 2.45) is 0 Å². The molecule has 0 spiro atoms. The standard InChI is InChI=1S/C20H20N4O3/c1-20(2,3)13-10-8-12(9-11-13)17(25)22-24-19(27)16-14-6-4-5-7-15(14)18(26)23-21-16/h4-11H,1-3H3,(H,22,25)(H,23,26)(H,24,27). The number of hydrogen-bond acceptors (Lipinski definition) is 4. The zero-order valence-electron chi connectivity index (χ0n) is 15.3. The van der Waals surface area contributed by atoms with Crippen LogP contribution in [0.15, 0.2) is 53.3 Å². The molecular weight excluding hydrogens is 344 g/mol. The van der Waals surface area contributed by atoms with Crippen LogP contribution in [-0.2, 0) is 5.41 Å². The summed E-state index contributed by atoms with van der Waals surface area (Å²) in [6, 6.07) is 13.8. The van der Waals surface area contributed by atoms with Crippen molar-refractivity contribution >= 4 is 22.6 Å². The number of hydrogen-bond donors (Lipinski definition) is 3. The lowest BCUT2D eigenvalue weighted by Gasteiger charge is -2.19. The lowest BCUT2D eigenvalue weighted by molar-refractivity contribution is 0.0844. The van der Waals surface area contributed by atoms with E-state index < -0.39 is 11.8 Å². The Hall–Kier alpha value is -3.48. The molecule has 27 heavy (non-hydrogen) atoms. The van der Waals surface area contributed by atoms with Crippen LogP contribution in [0.25, 0.3) is 10.8 Å². The largest absolute Gasteiger partial charge is 0.290 e. The van der Waals surface area contributed by atoms with Crippen LogP contribution in [0.4, 0.5) is 0 Å². The van der Waals surface area contributed by atoms with Crippen LogP contribution in [-0.4, -0.2) is 22.0 Å². The topological polar surface area (TPSA) is 104 Å². The molecule has 3 rings (SSSR count). The Morgan fingerprint density at radius 3 is 2.11 bits per heavy atom. The van der Waals surface area contributed by atoms with Crippen molar-refractivity contribution in [3.05, 3.63) is 75.7 Å². The first-order valence-corrected chi connectivity index (χ1v) is 8.46. The highest BCUT2D eigenvalue weighted by Crippen LogP contribution is 2.22. The Kier molecular flexibility index (Phi) is 4.77. The third kappa shape index (κ3) is 3.87. The molecule has 0 fully saturated rings. The average molecular weight is 364 g/mol. The minimum absolute atomic E-state index is 0.0137. The van der Waals surface area contributed by atoms with Crippen LogP contribution in [0.1, 0.15) is 47.2 Å². The molecule has 1 heterocycles.